The maximum absolute atomic E-state index is 6.19. The molecule has 5 heteroatoms. The highest BCUT2D eigenvalue weighted by atomic mass is 35.5. The lowest BCUT2D eigenvalue weighted by molar-refractivity contribution is 0.300. The quantitative estimate of drug-likeness (QED) is 0.755. The first kappa shape index (κ1) is 8.68. The predicted molar refractivity (Wildman–Crippen MR) is 53.0 cm³/mol. The Morgan fingerprint density at radius 3 is 3.00 bits per heavy atom. The minimum atomic E-state index is 0.101. The number of halogens is 1. The number of nitrogens with two attached hydrogens (primary N) is 1. The number of aromatic nitrogens is 3. The van der Waals surface area contributed by atoms with Gasteiger partial charge in [0.25, 0.3) is 0 Å². The van der Waals surface area contributed by atoms with Gasteiger partial charge in [-0.1, -0.05) is 0 Å². The van der Waals surface area contributed by atoms with Gasteiger partial charge < -0.3 is 5.73 Å². The second-order valence-corrected chi connectivity index (χ2v) is 4.78. The van der Waals surface area contributed by atoms with Crippen molar-refractivity contribution >= 4 is 11.6 Å². The van der Waals surface area contributed by atoms with Crippen LogP contribution in [-0.2, 0) is 13.0 Å². The number of rotatable bonds is 1. The van der Waals surface area contributed by atoms with Crippen molar-refractivity contribution < 1.29 is 0 Å². The first-order chi connectivity index (χ1) is 6.67. The smallest absolute Gasteiger partial charge is 0.242 e. The fourth-order valence-corrected chi connectivity index (χ4v) is 2.51. The van der Waals surface area contributed by atoms with Crippen LogP contribution in [0.15, 0.2) is 0 Å². The van der Waals surface area contributed by atoms with E-state index in [-0.39, 0.29) is 5.54 Å². The van der Waals surface area contributed by atoms with Crippen molar-refractivity contribution in [2.45, 2.75) is 37.8 Å². The zero-order chi connectivity index (χ0) is 9.76. The Morgan fingerprint density at radius 2 is 2.29 bits per heavy atom. The third kappa shape index (κ3) is 1.25. The SMILES string of the molecule is NC1(C2CCn3nc(Cl)nc3C2)CC1. The molecule has 2 aliphatic rings. The maximum Gasteiger partial charge on any atom is 0.242 e. The number of aryl methyl sites for hydroxylation is 1. The van der Waals surface area contributed by atoms with Gasteiger partial charge in [-0.3, -0.25) is 0 Å². The van der Waals surface area contributed by atoms with E-state index in [1.165, 1.54) is 12.8 Å². The zero-order valence-electron chi connectivity index (χ0n) is 7.91. The molecule has 1 unspecified atom stereocenters. The van der Waals surface area contributed by atoms with Crippen LogP contribution in [0.4, 0.5) is 0 Å². The largest absolute Gasteiger partial charge is 0.325 e. The minimum Gasteiger partial charge on any atom is -0.325 e. The van der Waals surface area contributed by atoms with Gasteiger partial charge in [-0.15, -0.1) is 5.10 Å². The van der Waals surface area contributed by atoms with Crippen LogP contribution in [-0.4, -0.2) is 20.3 Å². The van der Waals surface area contributed by atoms with Crippen LogP contribution in [0.1, 0.15) is 25.1 Å². The van der Waals surface area contributed by atoms with Crippen LogP contribution in [0, 0.1) is 5.92 Å². The van der Waals surface area contributed by atoms with Crippen LogP contribution >= 0.6 is 11.6 Å². The molecule has 0 spiro atoms. The molecule has 1 aliphatic heterocycles. The summed E-state index contributed by atoms with van der Waals surface area (Å²) in [6.45, 7) is 0.915. The fourth-order valence-electron chi connectivity index (χ4n) is 2.32. The fraction of sp³-hybridized carbons (Fsp3) is 0.778. The molecule has 76 valence electrons. The van der Waals surface area contributed by atoms with E-state index in [4.69, 9.17) is 17.3 Å². The number of fused-ring (bicyclic) bond motifs is 1. The Kier molecular flexibility index (Phi) is 1.67. The molecule has 1 atom stereocenters. The molecule has 3 rings (SSSR count). The minimum absolute atomic E-state index is 0.101. The lowest BCUT2D eigenvalue weighted by atomic mass is 9.89. The summed E-state index contributed by atoms with van der Waals surface area (Å²) in [7, 11) is 0. The van der Waals surface area contributed by atoms with E-state index in [2.05, 4.69) is 10.1 Å². The van der Waals surface area contributed by atoms with E-state index in [1.54, 1.807) is 0 Å². The van der Waals surface area contributed by atoms with Crippen molar-refractivity contribution in [2.24, 2.45) is 11.7 Å². The van der Waals surface area contributed by atoms with Crippen LogP contribution in [0.25, 0.3) is 0 Å². The molecule has 0 radical (unpaired) electrons. The van der Waals surface area contributed by atoms with Crippen molar-refractivity contribution in [1.29, 1.82) is 0 Å². The van der Waals surface area contributed by atoms with Gasteiger partial charge in [0.1, 0.15) is 5.82 Å². The average molecular weight is 213 g/mol. The Labute approximate surface area is 87.4 Å². The topological polar surface area (TPSA) is 56.7 Å². The number of hydrogen-bond donors (Lipinski definition) is 1. The summed E-state index contributed by atoms with van der Waals surface area (Å²) in [5.74, 6) is 1.58. The standard InChI is InChI=1S/C9H13ClN4/c10-8-12-7-5-6(9(11)2-3-9)1-4-14(7)13-8/h6H,1-5,11H2. The third-order valence-electron chi connectivity index (χ3n) is 3.48. The summed E-state index contributed by atoms with van der Waals surface area (Å²) in [6, 6.07) is 0. The molecule has 1 aromatic rings. The van der Waals surface area contributed by atoms with E-state index in [9.17, 15) is 0 Å². The summed E-state index contributed by atoms with van der Waals surface area (Å²) >= 11 is 5.75. The summed E-state index contributed by atoms with van der Waals surface area (Å²) < 4.78 is 1.91. The average Bonchev–Trinajstić information content (AvgIpc) is 2.79. The Balaban J connectivity index is 1.86. The molecular formula is C9H13ClN4. The van der Waals surface area contributed by atoms with Gasteiger partial charge in [-0.05, 0) is 36.8 Å². The Morgan fingerprint density at radius 1 is 1.50 bits per heavy atom. The molecule has 4 nitrogen and oxygen atoms in total. The van der Waals surface area contributed by atoms with Gasteiger partial charge in [0.15, 0.2) is 0 Å². The molecule has 1 saturated carbocycles. The molecule has 1 fully saturated rings. The highest BCUT2D eigenvalue weighted by Gasteiger charge is 2.46. The molecule has 2 N–H and O–H groups in total. The van der Waals surface area contributed by atoms with Crippen molar-refractivity contribution in [1.82, 2.24) is 14.8 Å². The summed E-state index contributed by atoms with van der Waals surface area (Å²) in [6.07, 6.45) is 4.39. The molecule has 0 bridgehead atoms. The number of nitrogens with zero attached hydrogens (tertiary/aromatic N) is 3. The first-order valence-corrected chi connectivity index (χ1v) is 5.43. The van der Waals surface area contributed by atoms with Crippen LogP contribution < -0.4 is 5.73 Å². The van der Waals surface area contributed by atoms with E-state index in [1.807, 2.05) is 4.68 Å². The van der Waals surface area contributed by atoms with Crippen LogP contribution in [0.3, 0.4) is 0 Å². The summed E-state index contributed by atoms with van der Waals surface area (Å²) in [5.41, 5.74) is 6.30. The zero-order valence-corrected chi connectivity index (χ0v) is 8.67. The monoisotopic (exact) mass is 212 g/mol. The molecular weight excluding hydrogens is 200 g/mol. The maximum atomic E-state index is 6.19. The van der Waals surface area contributed by atoms with Crippen molar-refractivity contribution in [3.05, 3.63) is 11.1 Å². The van der Waals surface area contributed by atoms with Gasteiger partial charge in [0.2, 0.25) is 5.28 Å². The first-order valence-electron chi connectivity index (χ1n) is 5.05. The molecule has 2 heterocycles. The molecule has 1 aromatic heterocycles. The second-order valence-electron chi connectivity index (χ2n) is 4.44. The van der Waals surface area contributed by atoms with Gasteiger partial charge >= 0.3 is 0 Å². The summed E-state index contributed by atoms with van der Waals surface area (Å²) in [4.78, 5) is 4.20. The lowest BCUT2D eigenvalue weighted by Crippen LogP contribution is -2.37. The van der Waals surface area contributed by atoms with E-state index in [0.29, 0.717) is 11.2 Å². The van der Waals surface area contributed by atoms with Gasteiger partial charge in [0.05, 0.1) is 0 Å². The molecule has 0 saturated heterocycles. The lowest BCUT2D eigenvalue weighted by Gasteiger charge is -2.27. The van der Waals surface area contributed by atoms with Crippen LogP contribution in [0.2, 0.25) is 5.28 Å². The third-order valence-corrected chi connectivity index (χ3v) is 3.64. The van der Waals surface area contributed by atoms with Gasteiger partial charge in [-0.25, -0.2) is 9.67 Å². The highest BCUT2D eigenvalue weighted by Crippen LogP contribution is 2.44. The molecule has 1 aliphatic carbocycles. The van der Waals surface area contributed by atoms with E-state index < -0.39 is 0 Å². The van der Waals surface area contributed by atoms with E-state index in [0.717, 1.165) is 25.2 Å². The second kappa shape index (κ2) is 2.70. The molecule has 14 heavy (non-hydrogen) atoms. The Hall–Kier alpha value is -0.610. The van der Waals surface area contributed by atoms with Crippen molar-refractivity contribution in [2.75, 3.05) is 0 Å². The molecule has 0 aromatic carbocycles. The summed E-state index contributed by atoms with van der Waals surface area (Å²) in [5, 5.41) is 4.48. The van der Waals surface area contributed by atoms with Crippen LogP contribution in [0.5, 0.6) is 0 Å². The highest BCUT2D eigenvalue weighted by molar-refractivity contribution is 6.28. The Bertz CT molecular complexity index is 369. The van der Waals surface area contributed by atoms with Crippen molar-refractivity contribution in [3.63, 3.8) is 0 Å². The van der Waals surface area contributed by atoms with E-state index >= 15 is 0 Å². The number of hydrogen-bond acceptors (Lipinski definition) is 3. The molecule has 0 amide bonds. The predicted octanol–water partition coefficient (Wildman–Crippen LogP) is 0.985. The van der Waals surface area contributed by atoms with Crippen molar-refractivity contribution in [3.8, 4) is 0 Å². The van der Waals surface area contributed by atoms with Gasteiger partial charge in [-0.2, -0.15) is 0 Å². The normalized spacial score (nSPS) is 28.6. The van der Waals surface area contributed by atoms with Gasteiger partial charge in [0, 0.05) is 18.5 Å².